The molecule has 13 heavy (non-hydrogen) atoms. The maximum Gasteiger partial charge on any atom is 0.237 e. The van der Waals surface area contributed by atoms with Crippen molar-refractivity contribution in [3.05, 3.63) is 0 Å². The van der Waals surface area contributed by atoms with Crippen molar-refractivity contribution in [3.8, 4) is 0 Å². The molecule has 1 heterocycles. The second-order valence-electron chi connectivity index (χ2n) is 3.11. The number of carbonyl (C=O) groups excluding carboxylic acids is 2. The highest BCUT2D eigenvalue weighted by atomic mass is 16.2. The van der Waals surface area contributed by atoms with Gasteiger partial charge in [0.15, 0.2) is 0 Å². The molecule has 0 aromatic carbocycles. The first-order valence-electron chi connectivity index (χ1n) is 4.37. The van der Waals surface area contributed by atoms with E-state index in [0.717, 1.165) is 6.54 Å². The topological polar surface area (TPSA) is 61.4 Å². The molecule has 2 amide bonds. The zero-order valence-electron chi connectivity index (χ0n) is 7.96. The van der Waals surface area contributed by atoms with Gasteiger partial charge in [0.05, 0.1) is 12.6 Å². The number of amides is 2. The molecule has 0 spiro atoms. The van der Waals surface area contributed by atoms with E-state index in [4.69, 9.17) is 0 Å². The summed E-state index contributed by atoms with van der Waals surface area (Å²) in [7, 11) is 1.59. The number of piperazine rings is 1. The first kappa shape index (κ1) is 9.98. The lowest BCUT2D eigenvalue weighted by molar-refractivity contribution is -0.130. The van der Waals surface area contributed by atoms with Crippen LogP contribution in [0.1, 0.15) is 6.92 Å². The third-order valence-corrected chi connectivity index (χ3v) is 2.25. The average molecular weight is 185 g/mol. The van der Waals surface area contributed by atoms with Crippen LogP contribution in [0.4, 0.5) is 0 Å². The standard InChI is InChI=1S/C8H15N3O2/c1-6-8(13)10-3-4-11(6)5-7(12)9-2/h6H,3-5H2,1-2H3,(H,9,12)(H,10,13). The van der Waals surface area contributed by atoms with E-state index in [2.05, 4.69) is 10.6 Å². The third kappa shape index (κ3) is 2.42. The fourth-order valence-corrected chi connectivity index (χ4v) is 1.31. The Hall–Kier alpha value is -1.10. The molecule has 1 unspecified atom stereocenters. The Morgan fingerprint density at radius 3 is 3.08 bits per heavy atom. The predicted molar refractivity (Wildman–Crippen MR) is 48.1 cm³/mol. The van der Waals surface area contributed by atoms with Crippen molar-refractivity contribution in [1.29, 1.82) is 0 Å². The molecule has 0 radical (unpaired) electrons. The largest absolute Gasteiger partial charge is 0.358 e. The third-order valence-electron chi connectivity index (χ3n) is 2.25. The highest BCUT2D eigenvalue weighted by molar-refractivity contribution is 5.84. The minimum Gasteiger partial charge on any atom is -0.358 e. The van der Waals surface area contributed by atoms with Gasteiger partial charge in [0.2, 0.25) is 11.8 Å². The van der Waals surface area contributed by atoms with Gasteiger partial charge < -0.3 is 10.6 Å². The summed E-state index contributed by atoms with van der Waals surface area (Å²) in [5.74, 6) is -0.0586. The Balaban J connectivity index is 2.48. The van der Waals surface area contributed by atoms with Gasteiger partial charge in [-0.3, -0.25) is 14.5 Å². The van der Waals surface area contributed by atoms with Gasteiger partial charge in [0.25, 0.3) is 0 Å². The fourth-order valence-electron chi connectivity index (χ4n) is 1.31. The molecule has 1 aliphatic heterocycles. The molecule has 1 rings (SSSR count). The van der Waals surface area contributed by atoms with Crippen LogP contribution in [0.5, 0.6) is 0 Å². The molecule has 0 bridgehead atoms. The molecule has 2 N–H and O–H groups in total. The van der Waals surface area contributed by atoms with Crippen LogP contribution in [0.3, 0.4) is 0 Å². The molecule has 1 aliphatic rings. The molecule has 0 saturated carbocycles. The Morgan fingerprint density at radius 1 is 1.77 bits per heavy atom. The van der Waals surface area contributed by atoms with E-state index < -0.39 is 0 Å². The average Bonchev–Trinajstić information content (AvgIpc) is 2.13. The number of nitrogens with zero attached hydrogens (tertiary/aromatic N) is 1. The van der Waals surface area contributed by atoms with E-state index in [1.807, 2.05) is 4.90 Å². The molecule has 1 saturated heterocycles. The second-order valence-corrected chi connectivity index (χ2v) is 3.11. The zero-order valence-corrected chi connectivity index (χ0v) is 7.96. The summed E-state index contributed by atoms with van der Waals surface area (Å²) in [6, 6.07) is -0.203. The number of nitrogens with one attached hydrogen (secondary N) is 2. The van der Waals surface area contributed by atoms with Gasteiger partial charge in [-0.2, -0.15) is 0 Å². The lowest BCUT2D eigenvalue weighted by Gasteiger charge is -2.31. The molecule has 74 valence electrons. The SMILES string of the molecule is CNC(=O)CN1CCNC(=O)C1C. The molecule has 0 aliphatic carbocycles. The minimum atomic E-state index is -0.203. The first-order chi connectivity index (χ1) is 6.15. The zero-order chi connectivity index (χ0) is 9.84. The van der Waals surface area contributed by atoms with Crippen molar-refractivity contribution < 1.29 is 9.59 Å². The highest BCUT2D eigenvalue weighted by Gasteiger charge is 2.26. The summed E-state index contributed by atoms with van der Waals surface area (Å²) in [5.41, 5.74) is 0. The van der Waals surface area contributed by atoms with E-state index in [-0.39, 0.29) is 17.9 Å². The second kappa shape index (κ2) is 4.23. The molecule has 5 heteroatoms. The van der Waals surface area contributed by atoms with Crippen LogP contribution < -0.4 is 10.6 Å². The monoisotopic (exact) mass is 185 g/mol. The van der Waals surface area contributed by atoms with Crippen LogP contribution in [0.2, 0.25) is 0 Å². The number of rotatable bonds is 2. The van der Waals surface area contributed by atoms with Gasteiger partial charge in [0.1, 0.15) is 0 Å². The Bertz CT molecular complexity index is 217. The van der Waals surface area contributed by atoms with Crippen LogP contribution in [-0.2, 0) is 9.59 Å². The van der Waals surface area contributed by atoms with Crippen LogP contribution >= 0.6 is 0 Å². The van der Waals surface area contributed by atoms with Crippen LogP contribution in [0.25, 0.3) is 0 Å². The summed E-state index contributed by atoms with van der Waals surface area (Å²) in [6.07, 6.45) is 0. The van der Waals surface area contributed by atoms with Crippen LogP contribution in [-0.4, -0.2) is 49.4 Å². The van der Waals surface area contributed by atoms with E-state index in [9.17, 15) is 9.59 Å². The van der Waals surface area contributed by atoms with Crippen LogP contribution in [0, 0.1) is 0 Å². The van der Waals surface area contributed by atoms with Gasteiger partial charge in [-0.05, 0) is 6.92 Å². The summed E-state index contributed by atoms with van der Waals surface area (Å²) < 4.78 is 0. The minimum absolute atomic E-state index is 0.00449. The van der Waals surface area contributed by atoms with Gasteiger partial charge in [-0.15, -0.1) is 0 Å². The van der Waals surface area contributed by atoms with Crippen molar-refractivity contribution in [2.24, 2.45) is 0 Å². The fraction of sp³-hybridized carbons (Fsp3) is 0.750. The smallest absolute Gasteiger partial charge is 0.237 e. The summed E-state index contributed by atoms with van der Waals surface area (Å²) >= 11 is 0. The number of hydrogen-bond donors (Lipinski definition) is 2. The van der Waals surface area contributed by atoms with Gasteiger partial charge in [-0.25, -0.2) is 0 Å². The summed E-state index contributed by atoms with van der Waals surface area (Å²) in [4.78, 5) is 24.1. The first-order valence-corrected chi connectivity index (χ1v) is 4.37. The van der Waals surface area contributed by atoms with Crippen molar-refractivity contribution in [1.82, 2.24) is 15.5 Å². The van der Waals surface area contributed by atoms with Crippen molar-refractivity contribution in [2.75, 3.05) is 26.7 Å². The van der Waals surface area contributed by atoms with Crippen LogP contribution in [0.15, 0.2) is 0 Å². The van der Waals surface area contributed by atoms with Gasteiger partial charge in [0, 0.05) is 20.1 Å². The molecular formula is C8H15N3O2. The van der Waals surface area contributed by atoms with E-state index in [1.165, 1.54) is 0 Å². The number of hydrogen-bond acceptors (Lipinski definition) is 3. The van der Waals surface area contributed by atoms with Gasteiger partial charge in [-0.1, -0.05) is 0 Å². The molecule has 1 atom stereocenters. The van der Waals surface area contributed by atoms with Gasteiger partial charge >= 0.3 is 0 Å². The summed E-state index contributed by atoms with van der Waals surface area (Å²) in [5, 5.41) is 5.28. The van der Waals surface area contributed by atoms with E-state index >= 15 is 0 Å². The Kier molecular flexibility index (Phi) is 3.25. The number of carbonyl (C=O) groups is 2. The highest BCUT2D eigenvalue weighted by Crippen LogP contribution is 2.02. The normalized spacial score (nSPS) is 23.8. The van der Waals surface area contributed by atoms with E-state index in [0.29, 0.717) is 13.1 Å². The Labute approximate surface area is 77.5 Å². The summed E-state index contributed by atoms with van der Waals surface area (Å²) in [6.45, 7) is 3.46. The Morgan fingerprint density at radius 2 is 2.46 bits per heavy atom. The maximum atomic E-state index is 11.2. The number of likely N-dealkylation sites (N-methyl/N-ethyl adjacent to an activating group) is 1. The maximum absolute atomic E-state index is 11.2. The predicted octanol–water partition coefficient (Wildman–Crippen LogP) is -1.45. The molecule has 1 fully saturated rings. The molecule has 0 aromatic heterocycles. The van der Waals surface area contributed by atoms with Crippen molar-refractivity contribution >= 4 is 11.8 Å². The van der Waals surface area contributed by atoms with E-state index in [1.54, 1.807) is 14.0 Å². The quantitative estimate of drug-likeness (QED) is 0.553. The van der Waals surface area contributed by atoms with Crippen molar-refractivity contribution in [2.45, 2.75) is 13.0 Å². The molecule has 5 nitrogen and oxygen atoms in total. The lowest BCUT2D eigenvalue weighted by Crippen LogP contribution is -2.55. The van der Waals surface area contributed by atoms with Crippen molar-refractivity contribution in [3.63, 3.8) is 0 Å². The lowest BCUT2D eigenvalue weighted by atomic mass is 10.2. The molecule has 0 aromatic rings. The molecular weight excluding hydrogens is 170 g/mol.